The van der Waals surface area contributed by atoms with Crippen LogP contribution in [0.1, 0.15) is 12.2 Å². The van der Waals surface area contributed by atoms with Gasteiger partial charge in [0, 0.05) is 16.6 Å². The maximum absolute atomic E-state index is 12.1. The van der Waals surface area contributed by atoms with Gasteiger partial charge in [-0.05, 0) is 31.2 Å². The van der Waals surface area contributed by atoms with Crippen molar-refractivity contribution in [3.05, 3.63) is 34.6 Å². The number of rotatable bonds is 3. The molecule has 1 aromatic carbocycles. The smallest absolute Gasteiger partial charge is 0.232 e. The fourth-order valence-corrected chi connectivity index (χ4v) is 2.57. The molecule has 0 spiro atoms. The van der Waals surface area contributed by atoms with Crippen LogP contribution in [0.25, 0.3) is 0 Å². The summed E-state index contributed by atoms with van der Waals surface area (Å²) in [6.07, 6.45) is 0.0975. The fourth-order valence-electron chi connectivity index (χ4n) is 2.31. The molecule has 1 aliphatic heterocycles. The zero-order valence-electron chi connectivity index (χ0n) is 11.8. The molecule has 8 heteroatoms. The Kier molecular flexibility index (Phi) is 3.93. The molecule has 0 bridgehead atoms. The third-order valence-electron chi connectivity index (χ3n) is 3.34. The minimum atomic E-state index is -0.455. The van der Waals surface area contributed by atoms with Crippen LogP contribution < -0.4 is 10.6 Å². The number of halogens is 1. The van der Waals surface area contributed by atoms with Gasteiger partial charge >= 0.3 is 0 Å². The van der Waals surface area contributed by atoms with Crippen molar-refractivity contribution in [3.63, 3.8) is 0 Å². The summed E-state index contributed by atoms with van der Waals surface area (Å²) in [5.41, 5.74) is 0.696. The summed E-state index contributed by atoms with van der Waals surface area (Å²) in [5, 5.41) is 9.64. The van der Waals surface area contributed by atoms with E-state index in [-0.39, 0.29) is 18.2 Å². The number of carbonyl (C=O) groups excluding carboxylic acids is 2. The maximum Gasteiger partial charge on any atom is 0.232 e. The number of aryl methyl sites for hydroxylation is 1. The predicted molar refractivity (Wildman–Crippen MR) is 84.3 cm³/mol. The maximum atomic E-state index is 12.1. The van der Waals surface area contributed by atoms with E-state index in [1.165, 1.54) is 0 Å². The van der Waals surface area contributed by atoms with E-state index in [2.05, 4.69) is 36.6 Å². The van der Waals surface area contributed by atoms with Crippen molar-refractivity contribution in [2.45, 2.75) is 19.9 Å². The summed E-state index contributed by atoms with van der Waals surface area (Å²) in [4.78, 5) is 28.2. The van der Waals surface area contributed by atoms with Crippen molar-refractivity contribution in [1.29, 1.82) is 0 Å². The van der Waals surface area contributed by atoms with Gasteiger partial charge in [-0.25, -0.2) is 4.68 Å². The molecule has 7 nitrogen and oxygen atoms in total. The van der Waals surface area contributed by atoms with Crippen molar-refractivity contribution in [3.8, 4) is 0 Å². The van der Waals surface area contributed by atoms with Gasteiger partial charge in [-0.3, -0.25) is 14.9 Å². The average Bonchev–Trinajstić information content (AvgIpc) is 2.81. The summed E-state index contributed by atoms with van der Waals surface area (Å²) in [6, 6.07) is 7.27. The molecule has 1 unspecified atom stereocenters. The molecule has 2 aromatic rings. The van der Waals surface area contributed by atoms with Crippen LogP contribution in [0, 0.1) is 12.8 Å². The van der Waals surface area contributed by atoms with Crippen LogP contribution >= 0.6 is 15.9 Å². The molecular formula is C14H14BrN5O2. The van der Waals surface area contributed by atoms with E-state index in [9.17, 15) is 9.59 Å². The molecule has 3 rings (SSSR count). The zero-order valence-corrected chi connectivity index (χ0v) is 13.4. The van der Waals surface area contributed by atoms with E-state index in [0.717, 1.165) is 4.47 Å². The molecule has 0 saturated carbocycles. The van der Waals surface area contributed by atoms with Gasteiger partial charge in [-0.15, -0.1) is 0 Å². The van der Waals surface area contributed by atoms with Crippen molar-refractivity contribution in [1.82, 2.24) is 14.8 Å². The quantitative estimate of drug-likeness (QED) is 0.871. The standard InChI is InChI=1S/C14H14BrN5O2/c1-8-16-14-18-13(22)9(7-20(14)19-8)6-12(21)17-11-4-2-10(15)3-5-11/h2-5,9H,6-7H2,1H3,(H,17,21)(H,16,18,19,22). The third-order valence-corrected chi connectivity index (χ3v) is 3.87. The number of amides is 2. The number of hydrogen-bond donors (Lipinski definition) is 2. The zero-order chi connectivity index (χ0) is 15.7. The van der Waals surface area contributed by atoms with Crippen LogP contribution in [0.15, 0.2) is 28.7 Å². The summed E-state index contributed by atoms with van der Waals surface area (Å²) in [5.74, 6) is 0.167. The second-order valence-electron chi connectivity index (χ2n) is 5.11. The second kappa shape index (κ2) is 5.88. The molecule has 22 heavy (non-hydrogen) atoms. The van der Waals surface area contributed by atoms with Crippen molar-refractivity contribution in [2.75, 3.05) is 10.6 Å². The highest BCUT2D eigenvalue weighted by molar-refractivity contribution is 9.10. The highest BCUT2D eigenvalue weighted by atomic mass is 79.9. The summed E-state index contributed by atoms with van der Waals surface area (Å²) in [7, 11) is 0. The van der Waals surface area contributed by atoms with Crippen LogP contribution in [0.2, 0.25) is 0 Å². The molecular weight excluding hydrogens is 350 g/mol. The fraction of sp³-hybridized carbons (Fsp3) is 0.286. The van der Waals surface area contributed by atoms with Crippen molar-refractivity contribution in [2.24, 2.45) is 5.92 Å². The van der Waals surface area contributed by atoms with Gasteiger partial charge in [0.15, 0.2) is 0 Å². The van der Waals surface area contributed by atoms with Gasteiger partial charge in [0.1, 0.15) is 5.82 Å². The van der Waals surface area contributed by atoms with E-state index in [0.29, 0.717) is 24.0 Å². The van der Waals surface area contributed by atoms with E-state index in [4.69, 9.17) is 0 Å². The Balaban J connectivity index is 1.64. The Labute approximate surface area is 135 Å². The van der Waals surface area contributed by atoms with Gasteiger partial charge in [0.2, 0.25) is 17.8 Å². The topological polar surface area (TPSA) is 88.9 Å². The first-order valence-electron chi connectivity index (χ1n) is 6.79. The Morgan fingerprint density at radius 3 is 2.91 bits per heavy atom. The molecule has 2 heterocycles. The lowest BCUT2D eigenvalue weighted by atomic mass is 10.0. The van der Waals surface area contributed by atoms with Crippen molar-refractivity contribution < 1.29 is 9.59 Å². The van der Waals surface area contributed by atoms with Gasteiger partial charge in [0.25, 0.3) is 0 Å². The minimum Gasteiger partial charge on any atom is -0.326 e. The molecule has 2 N–H and O–H groups in total. The lowest BCUT2D eigenvalue weighted by Gasteiger charge is -2.21. The number of benzene rings is 1. The molecule has 1 aliphatic rings. The lowest BCUT2D eigenvalue weighted by molar-refractivity contribution is -0.125. The molecule has 0 saturated heterocycles. The minimum absolute atomic E-state index is 0.0975. The number of carbonyl (C=O) groups is 2. The highest BCUT2D eigenvalue weighted by Crippen LogP contribution is 2.20. The first-order chi connectivity index (χ1) is 10.5. The second-order valence-corrected chi connectivity index (χ2v) is 6.03. The van der Waals surface area contributed by atoms with E-state index in [1.54, 1.807) is 23.7 Å². The monoisotopic (exact) mass is 363 g/mol. The summed E-state index contributed by atoms with van der Waals surface area (Å²) in [6.45, 7) is 2.11. The Bertz CT molecular complexity index is 725. The number of anilines is 2. The molecule has 114 valence electrons. The number of aromatic nitrogens is 3. The van der Waals surface area contributed by atoms with Crippen LogP contribution in [-0.4, -0.2) is 26.6 Å². The lowest BCUT2D eigenvalue weighted by Crippen LogP contribution is -2.36. The van der Waals surface area contributed by atoms with Crippen LogP contribution in [0.5, 0.6) is 0 Å². The van der Waals surface area contributed by atoms with E-state index >= 15 is 0 Å². The third kappa shape index (κ3) is 3.16. The summed E-state index contributed by atoms with van der Waals surface area (Å²) >= 11 is 3.34. The van der Waals surface area contributed by atoms with Gasteiger partial charge in [0.05, 0.1) is 12.5 Å². The Morgan fingerprint density at radius 1 is 1.45 bits per heavy atom. The first-order valence-corrected chi connectivity index (χ1v) is 7.58. The number of nitrogens with one attached hydrogen (secondary N) is 2. The first kappa shape index (κ1) is 14.7. The number of hydrogen-bond acceptors (Lipinski definition) is 4. The van der Waals surface area contributed by atoms with Gasteiger partial charge in [-0.1, -0.05) is 15.9 Å². The Morgan fingerprint density at radius 2 is 2.18 bits per heavy atom. The molecule has 0 fully saturated rings. The molecule has 1 atom stereocenters. The van der Waals surface area contributed by atoms with E-state index in [1.807, 2.05) is 12.1 Å². The average molecular weight is 364 g/mol. The van der Waals surface area contributed by atoms with Crippen molar-refractivity contribution >= 4 is 39.4 Å². The summed E-state index contributed by atoms with van der Waals surface area (Å²) < 4.78 is 2.56. The predicted octanol–water partition coefficient (Wildman–Crippen LogP) is 1.95. The molecule has 2 amide bonds. The SMILES string of the molecule is Cc1nc2n(n1)CC(CC(=O)Nc1ccc(Br)cc1)C(=O)N2. The Hall–Kier alpha value is -2.22. The normalized spacial score (nSPS) is 16.8. The van der Waals surface area contributed by atoms with Crippen LogP contribution in [-0.2, 0) is 16.1 Å². The highest BCUT2D eigenvalue weighted by Gasteiger charge is 2.29. The molecule has 0 radical (unpaired) electrons. The molecule has 0 aliphatic carbocycles. The molecule has 1 aromatic heterocycles. The van der Waals surface area contributed by atoms with Crippen LogP contribution in [0.4, 0.5) is 11.6 Å². The largest absolute Gasteiger partial charge is 0.326 e. The number of fused-ring (bicyclic) bond motifs is 1. The van der Waals surface area contributed by atoms with Gasteiger partial charge in [-0.2, -0.15) is 10.1 Å². The van der Waals surface area contributed by atoms with E-state index < -0.39 is 5.92 Å². The van der Waals surface area contributed by atoms with Gasteiger partial charge < -0.3 is 5.32 Å². The number of nitrogens with zero attached hydrogens (tertiary/aromatic N) is 3. The van der Waals surface area contributed by atoms with Crippen LogP contribution in [0.3, 0.4) is 0 Å².